The first-order valence-electron chi connectivity index (χ1n) is 26.0. The number of hydrogen-bond acceptors (Lipinski definition) is 15. The quantitative estimate of drug-likeness (QED) is 0.0439. The van der Waals surface area contributed by atoms with E-state index >= 15 is 0 Å². The molecule has 0 aromatic rings. The number of ketones is 1. The second-order valence-electron chi connectivity index (χ2n) is 17.5. The van der Waals surface area contributed by atoms with Crippen molar-refractivity contribution >= 4 is 53.9 Å². The van der Waals surface area contributed by atoms with Crippen LogP contribution >= 0.6 is 0 Å². The number of likely N-dealkylation sites (N-methyl/N-ethyl adjacent to an activating group) is 1. The van der Waals surface area contributed by atoms with Crippen molar-refractivity contribution in [1.82, 2.24) is 31.1 Å². The van der Waals surface area contributed by atoms with Crippen molar-refractivity contribution in [1.29, 1.82) is 0 Å². The summed E-state index contributed by atoms with van der Waals surface area (Å²) < 4.78 is 32.7. The van der Waals surface area contributed by atoms with Gasteiger partial charge in [-0.05, 0) is 51.4 Å². The molecule has 0 bridgehead atoms. The van der Waals surface area contributed by atoms with Crippen LogP contribution in [0.4, 0.5) is 0 Å². The van der Waals surface area contributed by atoms with Crippen molar-refractivity contribution in [3.8, 4) is 0 Å². The lowest BCUT2D eigenvalue weighted by molar-refractivity contribution is -0.138. The molecule has 0 aromatic carbocycles. The first-order valence-corrected chi connectivity index (χ1v) is 26.0. The van der Waals surface area contributed by atoms with Crippen LogP contribution in [0.15, 0.2) is 0 Å². The zero-order valence-corrected chi connectivity index (χ0v) is 47.0. The number of nitrogens with one attached hydrogen (secondary N) is 4. The molecule has 0 aliphatic carbocycles. The van der Waals surface area contributed by atoms with Gasteiger partial charge in [-0.15, -0.1) is 0 Å². The van der Waals surface area contributed by atoms with Crippen LogP contribution < -0.4 is 27.0 Å². The minimum Gasteiger partial charge on any atom is -0.379 e. The molecule has 7 amide bonds. The number of primary amides is 1. The minimum atomic E-state index is -1.03. The van der Waals surface area contributed by atoms with Crippen LogP contribution in [0.1, 0.15) is 128 Å². The minimum absolute atomic E-state index is 0.0171. The van der Waals surface area contributed by atoms with Gasteiger partial charge >= 0.3 is 0 Å². The highest BCUT2D eigenvalue weighted by Gasteiger charge is 2.33. The van der Waals surface area contributed by atoms with Crippen molar-refractivity contribution in [3.63, 3.8) is 0 Å². The molecule has 1 heterocycles. The molecule has 73 heavy (non-hydrogen) atoms. The van der Waals surface area contributed by atoms with E-state index in [0.717, 1.165) is 18.6 Å². The summed E-state index contributed by atoms with van der Waals surface area (Å²) in [6.07, 6.45) is 3.90. The molecule has 22 nitrogen and oxygen atoms in total. The lowest BCUT2D eigenvalue weighted by Gasteiger charge is -2.23. The van der Waals surface area contributed by atoms with E-state index in [1.54, 1.807) is 18.9 Å². The lowest BCUT2D eigenvalue weighted by atomic mass is 10.1. The second kappa shape index (κ2) is 52.3. The molecule has 0 radical (unpaired) electrons. The summed E-state index contributed by atoms with van der Waals surface area (Å²) in [7, 11) is 1.70. The summed E-state index contributed by atoms with van der Waals surface area (Å²) >= 11 is 0. The number of ether oxygens (including phenoxy) is 6. The Balaban J connectivity index is -0.000000592. The van der Waals surface area contributed by atoms with E-state index in [2.05, 4.69) is 55.9 Å². The third kappa shape index (κ3) is 48.1. The summed E-state index contributed by atoms with van der Waals surface area (Å²) in [5.74, 6) is -1.41. The van der Waals surface area contributed by atoms with Crippen LogP contribution in [-0.4, -0.2) is 194 Å². The molecule has 22 heteroatoms. The maximum atomic E-state index is 12.3. The number of carbonyl (C=O) groups is 9. The van der Waals surface area contributed by atoms with Crippen LogP contribution in [-0.2, 0) is 71.6 Å². The monoisotopic (exact) mass is 1050 g/mol. The van der Waals surface area contributed by atoms with Crippen molar-refractivity contribution in [2.75, 3.05) is 113 Å². The first kappa shape index (κ1) is 74.9. The smallest absolute Gasteiger partial charge is 0.243 e. The zero-order chi connectivity index (χ0) is 56.4. The van der Waals surface area contributed by atoms with Crippen molar-refractivity contribution in [2.24, 2.45) is 23.5 Å². The third-order valence-electron chi connectivity index (χ3n) is 9.48. The van der Waals surface area contributed by atoms with E-state index in [1.807, 2.05) is 34.6 Å². The normalized spacial score (nSPS) is 13.6. The standard InChI is InChI=1S/C27H52N2O9.C16H25N5O6.C4H10.2C2H6/c1-23(2)22-25(4)28-26(31)7-10-33-12-14-35-16-18-37-20-21-38-19-17-36-15-13-34-11-8-29(5)27(32)24(3)6-9-30;1-10(23)4-5-11(20-13(24)7-18-9-22)16(27)19-8-14(25)21-6-2-3-12(21)15(17)26;1-4(2)3;2*1-2/h9,23-25H,6-8,10-22H2,1-5H3,(H,28,31);9,11-12H,2-8H2,1H3,(H2,17,26)(H,18,22)(H,19,27)(H,20,24);4H,1-3H3;2*1-2H3. The molecule has 0 spiro atoms. The Labute approximate surface area is 437 Å². The van der Waals surface area contributed by atoms with Crippen LogP contribution in [0.2, 0.25) is 0 Å². The highest BCUT2D eigenvalue weighted by Crippen LogP contribution is 2.16. The van der Waals surface area contributed by atoms with Gasteiger partial charge in [-0.3, -0.25) is 33.6 Å². The van der Waals surface area contributed by atoms with E-state index in [1.165, 1.54) is 11.8 Å². The number of likely N-dealkylation sites (tertiary alicyclic amines) is 1. The van der Waals surface area contributed by atoms with Gasteiger partial charge < -0.3 is 74.8 Å². The Bertz CT molecular complexity index is 1460. The van der Waals surface area contributed by atoms with E-state index in [4.69, 9.17) is 34.2 Å². The zero-order valence-electron chi connectivity index (χ0n) is 47.0. The van der Waals surface area contributed by atoms with Gasteiger partial charge in [-0.2, -0.15) is 0 Å². The molecule has 0 aromatic heterocycles. The number of hydrogen-bond donors (Lipinski definition) is 5. The van der Waals surface area contributed by atoms with E-state index in [9.17, 15) is 43.2 Å². The molecular formula is C51H99N7O15. The van der Waals surface area contributed by atoms with Gasteiger partial charge in [-0.25, -0.2) is 0 Å². The fraction of sp³-hybridized carbons (Fsp3) is 0.824. The van der Waals surface area contributed by atoms with Crippen LogP contribution in [0, 0.1) is 17.8 Å². The number of rotatable bonds is 38. The average molecular weight is 1050 g/mol. The topological polar surface area (TPSA) is 290 Å². The molecule has 6 N–H and O–H groups in total. The van der Waals surface area contributed by atoms with E-state index in [-0.39, 0.29) is 61.9 Å². The molecule has 1 saturated heterocycles. The summed E-state index contributed by atoms with van der Waals surface area (Å²) in [4.78, 5) is 106. The molecular weight excluding hydrogens is 951 g/mol. The number of amides is 7. The highest BCUT2D eigenvalue weighted by molar-refractivity contribution is 5.93. The predicted molar refractivity (Wildman–Crippen MR) is 280 cm³/mol. The van der Waals surface area contributed by atoms with Gasteiger partial charge in [0.05, 0.1) is 92.4 Å². The molecule has 1 rings (SSSR count). The maximum absolute atomic E-state index is 12.3. The summed E-state index contributed by atoms with van der Waals surface area (Å²) in [6, 6.07) is -1.53. The maximum Gasteiger partial charge on any atom is 0.243 e. The van der Waals surface area contributed by atoms with Crippen molar-refractivity contribution in [3.05, 3.63) is 0 Å². The highest BCUT2D eigenvalue weighted by atomic mass is 16.6. The molecule has 428 valence electrons. The number of aldehydes is 1. The Kier molecular flexibility index (Phi) is 53.6. The first-order chi connectivity index (χ1) is 34.8. The van der Waals surface area contributed by atoms with Gasteiger partial charge in [0.1, 0.15) is 24.2 Å². The number of nitrogens with zero attached hydrogens (tertiary/aromatic N) is 2. The van der Waals surface area contributed by atoms with Crippen LogP contribution in [0.5, 0.6) is 0 Å². The second-order valence-corrected chi connectivity index (χ2v) is 17.5. The molecule has 0 saturated carbocycles. The van der Waals surface area contributed by atoms with E-state index in [0.29, 0.717) is 124 Å². The van der Waals surface area contributed by atoms with Gasteiger partial charge in [0.15, 0.2) is 0 Å². The summed E-state index contributed by atoms with van der Waals surface area (Å²) in [5.41, 5.74) is 5.26. The molecule has 4 unspecified atom stereocenters. The summed E-state index contributed by atoms with van der Waals surface area (Å²) in [6.45, 7) is 29.5. The Morgan fingerprint density at radius 1 is 0.685 bits per heavy atom. The number of carbonyl (C=O) groups excluding carboxylic acids is 9. The van der Waals surface area contributed by atoms with Gasteiger partial charge in [-0.1, -0.05) is 69.2 Å². The van der Waals surface area contributed by atoms with E-state index < -0.39 is 35.7 Å². The van der Waals surface area contributed by atoms with Gasteiger partial charge in [0.25, 0.3) is 0 Å². The third-order valence-corrected chi connectivity index (χ3v) is 9.48. The molecule has 4 atom stereocenters. The fourth-order valence-corrected chi connectivity index (χ4v) is 6.16. The lowest BCUT2D eigenvalue weighted by Crippen LogP contribution is -2.52. The Hall–Kier alpha value is -4.61. The molecule has 1 fully saturated rings. The number of nitrogens with two attached hydrogens (primary N) is 1. The van der Waals surface area contributed by atoms with Gasteiger partial charge in [0, 0.05) is 51.4 Å². The molecule has 1 aliphatic rings. The predicted octanol–water partition coefficient (Wildman–Crippen LogP) is 2.60. The van der Waals surface area contributed by atoms with Crippen LogP contribution in [0.25, 0.3) is 0 Å². The van der Waals surface area contributed by atoms with Crippen LogP contribution in [0.3, 0.4) is 0 Å². The molecule has 1 aliphatic heterocycles. The number of Topliss-reactive ketones (excluding diaryl/α,β-unsaturated/α-hetero) is 1. The van der Waals surface area contributed by atoms with Crippen molar-refractivity contribution < 1.29 is 71.6 Å². The summed E-state index contributed by atoms with van der Waals surface area (Å²) in [5, 5.41) is 9.95. The Morgan fingerprint density at radius 2 is 1.16 bits per heavy atom. The fourth-order valence-electron chi connectivity index (χ4n) is 6.16. The average Bonchev–Trinajstić information content (AvgIpc) is 3.85. The van der Waals surface area contributed by atoms with Gasteiger partial charge in [0.2, 0.25) is 41.9 Å². The van der Waals surface area contributed by atoms with Crippen molar-refractivity contribution in [2.45, 2.75) is 146 Å². The Morgan fingerprint density at radius 3 is 1.60 bits per heavy atom. The largest absolute Gasteiger partial charge is 0.379 e. The SMILES string of the molecule is CC.CC.CC(=O)CCC(NC(=O)CNC=O)C(=O)NCC(=O)N1CCCC1C(N)=O.CC(C)C.CC(C)CC(C)NC(=O)CCOCCOCCOCCOCCOCCOCCN(C)C(=O)C(C)CC=O.